The van der Waals surface area contributed by atoms with Crippen LogP contribution in [-0.4, -0.2) is 48.9 Å². The second-order valence-electron chi connectivity index (χ2n) is 12.4. The highest BCUT2D eigenvalue weighted by Gasteiger charge is 2.34. The molecule has 0 unspecified atom stereocenters. The lowest BCUT2D eigenvalue weighted by Crippen LogP contribution is -2.49. The molecule has 0 heterocycles. The van der Waals surface area contributed by atoms with Crippen LogP contribution in [0.25, 0.3) is 0 Å². The number of rotatable bonds is 10. The predicted molar refractivity (Wildman–Crippen MR) is 163 cm³/mol. The standard InChI is InChI=1S/C33H44FN3O7/c1-20-12-14-23(15-13-20)28(37-31(40)43-19-22-10-8-7-9-11-22)29(38)35-26-17-16-24(18-25(26)34)21(2)27(30(39)42-6)36-32(41)44-33(3,4)5/h7-11,16-18,20-21,23,27-28H,12-15,19H2,1-6H3,(H,35,38)(H,36,41)(H,37,40)/t20-,21-,23-,27+,28-/m0/s1. The highest BCUT2D eigenvalue weighted by molar-refractivity contribution is 5.97. The Bertz CT molecular complexity index is 1290. The summed E-state index contributed by atoms with van der Waals surface area (Å²) in [5.41, 5.74) is 0.310. The van der Waals surface area contributed by atoms with Gasteiger partial charge in [-0.05, 0) is 68.7 Å². The number of methoxy groups -OCH3 is 1. The highest BCUT2D eigenvalue weighted by atomic mass is 19.1. The molecule has 0 aromatic heterocycles. The molecule has 3 rings (SSSR count). The zero-order chi connectivity index (χ0) is 32.4. The molecule has 1 aliphatic carbocycles. The maximum atomic E-state index is 15.4. The van der Waals surface area contributed by atoms with Gasteiger partial charge in [-0.2, -0.15) is 0 Å². The number of ether oxygens (including phenoxy) is 3. The third-order valence-corrected chi connectivity index (χ3v) is 7.70. The van der Waals surface area contributed by atoms with E-state index < -0.39 is 53.5 Å². The van der Waals surface area contributed by atoms with Gasteiger partial charge in [0, 0.05) is 5.92 Å². The van der Waals surface area contributed by atoms with Gasteiger partial charge < -0.3 is 30.2 Å². The summed E-state index contributed by atoms with van der Waals surface area (Å²) in [7, 11) is 1.19. The minimum atomic E-state index is -1.15. The van der Waals surface area contributed by atoms with Gasteiger partial charge in [0.2, 0.25) is 5.91 Å². The van der Waals surface area contributed by atoms with Gasteiger partial charge >= 0.3 is 18.2 Å². The Labute approximate surface area is 258 Å². The number of hydrogen-bond acceptors (Lipinski definition) is 7. The van der Waals surface area contributed by atoms with E-state index in [-0.39, 0.29) is 18.2 Å². The van der Waals surface area contributed by atoms with E-state index in [1.807, 2.05) is 30.3 Å². The number of amides is 3. The Morgan fingerprint density at radius 3 is 2.20 bits per heavy atom. The minimum absolute atomic E-state index is 0.0480. The number of halogens is 1. The number of nitrogens with one attached hydrogen (secondary N) is 3. The summed E-state index contributed by atoms with van der Waals surface area (Å²) in [6, 6.07) is 11.2. The van der Waals surface area contributed by atoms with E-state index in [0.29, 0.717) is 11.5 Å². The van der Waals surface area contributed by atoms with Crippen LogP contribution in [0.15, 0.2) is 48.5 Å². The molecule has 1 saturated carbocycles. The molecule has 0 saturated heterocycles. The van der Waals surface area contributed by atoms with E-state index in [9.17, 15) is 19.2 Å². The number of alkyl carbamates (subject to hydrolysis) is 2. The summed E-state index contributed by atoms with van der Waals surface area (Å²) < 4.78 is 30.8. The third kappa shape index (κ3) is 10.2. The summed E-state index contributed by atoms with van der Waals surface area (Å²) in [6.45, 7) is 8.90. The molecule has 0 radical (unpaired) electrons. The lowest BCUT2D eigenvalue weighted by Gasteiger charge is -2.32. The first-order valence-corrected chi connectivity index (χ1v) is 14.9. The van der Waals surface area contributed by atoms with Crippen LogP contribution in [0.4, 0.5) is 19.7 Å². The van der Waals surface area contributed by atoms with Crippen molar-refractivity contribution in [2.75, 3.05) is 12.4 Å². The lowest BCUT2D eigenvalue weighted by molar-refractivity contribution is -0.143. The zero-order valence-corrected chi connectivity index (χ0v) is 26.3. The number of benzene rings is 2. The van der Waals surface area contributed by atoms with Crippen molar-refractivity contribution >= 4 is 29.8 Å². The Balaban J connectivity index is 1.73. The van der Waals surface area contributed by atoms with Crippen LogP contribution in [0.3, 0.4) is 0 Å². The first-order valence-electron chi connectivity index (χ1n) is 14.9. The van der Waals surface area contributed by atoms with Crippen molar-refractivity contribution in [3.05, 3.63) is 65.5 Å². The average Bonchev–Trinajstić information content (AvgIpc) is 2.98. The van der Waals surface area contributed by atoms with Crippen LogP contribution in [0.5, 0.6) is 0 Å². The Kier molecular flexibility index (Phi) is 12.1. The molecule has 3 atom stereocenters. The van der Waals surface area contributed by atoms with Gasteiger partial charge in [0.05, 0.1) is 12.8 Å². The summed E-state index contributed by atoms with van der Waals surface area (Å²) in [4.78, 5) is 51.1. The molecule has 3 N–H and O–H groups in total. The molecule has 240 valence electrons. The summed E-state index contributed by atoms with van der Waals surface area (Å²) in [5.74, 6) is -2.35. The second-order valence-corrected chi connectivity index (χ2v) is 12.4. The van der Waals surface area contributed by atoms with Gasteiger partial charge in [-0.25, -0.2) is 18.8 Å². The molecule has 1 aliphatic rings. The molecule has 11 heteroatoms. The van der Waals surface area contributed by atoms with Gasteiger partial charge in [0.25, 0.3) is 0 Å². The number of carbonyl (C=O) groups excluding carboxylic acids is 4. The molecule has 3 amide bonds. The Hall–Kier alpha value is -4.15. The highest BCUT2D eigenvalue weighted by Crippen LogP contribution is 2.32. The third-order valence-electron chi connectivity index (χ3n) is 7.70. The fraction of sp³-hybridized carbons (Fsp3) is 0.515. The van der Waals surface area contributed by atoms with Crippen LogP contribution in [-0.2, 0) is 30.4 Å². The molecule has 0 bridgehead atoms. The van der Waals surface area contributed by atoms with E-state index in [2.05, 4.69) is 22.9 Å². The average molecular weight is 614 g/mol. The van der Waals surface area contributed by atoms with Crippen molar-refractivity contribution in [1.82, 2.24) is 10.6 Å². The minimum Gasteiger partial charge on any atom is -0.467 e. The first kappa shape index (κ1) is 34.3. The molecule has 0 spiro atoms. The van der Waals surface area contributed by atoms with Crippen molar-refractivity contribution in [3.8, 4) is 0 Å². The van der Waals surface area contributed by atoms with Crippen molar-refractivity contribution in [1.29, 1.82) is 0 Å². The van der Waals surface area contributed by atoms with Crippen LogP contribution in [0, 0.1) is 17.7 Å². The zero-order valence-electron chi connectivity index (χ0n) is 26.3. The van der Waals surface area contributed by atoms with Crippen LogP contribution >= 0.6 is 0 Å². The molecule has 2 aromatic carbocycles. The van der Waals surface area contributed by atoms with Crippen LogP contribution in [0.1, 0.15) is 77.3 Å². The molecule has 1 fully saturated rings. The quantitative estimate of drug-likeness (QED) is 0.219. The van der Waals surface area contributed by atoms with Gasteiger partial charge in [-0.15, -0.1) is 0 Å². The van der Waals surface area contributed by atoms with Gasteiger partial charge in [0.1, 0.15) is 30.1 Å². The molecule has 0 aliphatic heterocycles. The Morgan fingerprint density at radius 2 is 1.61 bits per heavy atom. The Morgan fingerprint density at radius 1 is 0.955 bits per heavy atom. The van der Waals surface area contributed by atoms with Crippen LogP contribution in [0.2, 0.25) is 0 Å². The van der Waals surface area contributed by atoms with Crippen molar-refractivity contribution in [3.63, 3.8) is 0 Å². The van der Waals surface area contributed by atoms with Crippen LogP contribution < -0.4 is 16.0 Å². The topological polar surface area (TPSA) is 132 Å². The maximum absolute atomic E-state index is 15.4. The summed E-state index contributed by atoms with van der Waals surface area (Å²) >= 11 is 0. The van der Waals surface area contributed by atoms with Crippen molar-refractivity contribution in [2.45, 2.75) is 90.5 Å². The van der Waals surface area contributed by atoms with Gasteiger partial charge in [-0.1, -0.05) is 63.1 Å². The number of hydrogen-bond donors (Lipinski definition) is 3. The number of anilines is 1. The largest absolute Gasteiger partial charge is 0.467 e. The predicted octanol–water partition coefficient (Wildman–Crippen LogP) is 6.06. The molecule has 10 nitrogen and oxygen atoms in total. The monoisotopic (exact) mass is 613 g/mol. The van der Waals surface area contributed by atoms with Crippen molar-refractivity contribution < 1.29 is 37.8 Å². The fourth-order valence-electron chi connectivity index (χ4n) is 5.18. The van der Waals surface area contributed by atoms with E-state index in [4.69, 9.17) is 14.2 Å². The van der Waals surface area contributed by atoms with E-state index in [1.165, 1.54) is 19.2 Å². The normalized spacial score (nSPS) is 18.6. The maximum Gasteiger partial charge on any atom is 0.408 e. The van der Waals surface area contributed by atoms with Gasteiger partial charge in [0.15, 0.2) is 0 Å². The lowest BCUT2D eigenvalue weighted by atomic mass is 9.79. The van der Waals surface area contributed by atoms with E-state index >= 15 is 4.39 Å². The summed E-state index contributed by atoms with van der Waals surface area (Å²) in [5, 5.41) is 7.83. The first-order chi connectivity index (χ1) is 20.8. The number of esters is 1. The fourth-order valence-corrected chi connectivity index (χ4v) is 5.18. The summed E-state index contributed by atoms with van der Waals surface area (Å²) in [6.07, 6.45) is 1.74. The van der Waals surface area contributed by atoms with Gasteiger partial charge in [-0.3, -0.25) is 4.79 Å². The SMILES string of the molecule is COC(=O)[C@H](NC(=O)OC(C)(C)C)[C@@H](C)c1ccc(NC(=O)[C@@H](NC(=O)OCc2ccccc2)[C@H]2CC[C@H](C)CC2)c(F)c1. The number of carbonyl (C=O) groups is 4. The molecule has 44 heavy (non-hydrogen) atoms. The smallest absolute Gasteiger partial charge is 0.408 e. The second kappa shape index (κ2) is 15.5. The molecule has 2 aromatic rings. The molecular weight excluding hydrogens is 569 g/mol. The van der Waals surface area contributed by atoms with E-state index in [0.717, 1.165) is 31.2 Å². The molecular formula is C33H44FN3O7. The van der Waals surface area contributed by atoms with E-state index in [1.54, 1.807) is 33.8 Å². The van der Waals surface area contributed by atoms with Crippen molar-refractivity contribution in [2.24, 2.45) is 11.8 Å².